The fourth-order valence-corrected chi connectivity index (χ4v) is 2.96. The van der Waals surface area contributed by atoms with Crippen LogP contribution in [0.3, 0.4) is 0 Å². The van der Waals surface area contributed by atoms with E-state index in [2.05, 4.69) is 9.97 Å². The maximum Gasteiger partial charge on any atom is 0.310 e. The predicted molar refractivity (Wildman–Crippen MR) is 98.0 cm³/mol. The van der Waals surface area contributed by atoms with Crippen LogP contribution in [-0.2, 0) is 16.0 Å². The summed E-state index contributed by atoms with van der Waals surface area (Å²) in [5.74, 6) is 1.19. The Morgan fingerprint density at radius 3 is 2.81 bits per heavy atom. The Hall–Kier alpha value is -3.35. The Bertz CT molecular complexity index is 1060. The molecule has 0 aliphatic carbocycles. The van der Waals surface area contributed by atoms with Gasteiger partial charge in [-0.15, -0.1) is 0 Å². The topological polar surface area (TPSA) is 90.5 Å². The number of ether oxygens (including phenoxy) is 3. The number of hydrogen-bond donors (Lipinski definition) is 1. The number of benzene rings is 2. The van der Waals surface area contributed by atoms with Gasteiger partial charge in [-0.2, -0.15) is 0 Å². The number of fused-ring (bicyclic) bond motifs is 2. The van der Waals surface area contributed by atoms with Crippen molar-refractivity contribution in [3.05, 3.63) is 64.2 Å². The standard InChI is InChI=1S/C20H18N2O5/c1-12(19-21-15-5-3-2-4-14(15)20(24)22-19)27-18(23)11-13-6-7-16-17(10-13)26-9-8-25-16/h2-7,10,12H,8-9,11H2,1H3,(H,21,22,24)/t12-/m1/s1. The minimum absolute atomic E-state index is 0.0821. The summed E-state index contributed by atoms with van der Waals surface area (Å²) in [6.07, 6.45) is -0.592. The van der Waals surface area contributed by atoms with E-state index in [9.17, 15) is 9.59 Å². The van der Waals surface area contributed by atoms with E-state index in [0.29, 0.717) is 41.4 Å². The lowest BCUT2D eigenvalue weighted by Gasteiger charge is -2.19. The second kappa shape index (κ2) is 7.11. The first-order chi connectivity index (χ1) is 13.1. The monoisotopic (exact) mass is 366 g/mol. The molecule has 7 heteroatoms. The van der Waals surface area contributed by atoms with Crippen molar-refractivity contribution in [1.82, 2.24) is 9.97 Å². The first-order valence-electron chi connectivity index (χ1n) is 8.67. The number of carbonyl (C=O) groups excluding carboxylic acids is 1. The average molecular weight is 366 g/mol. The van der Waals surface area contributed by atoms with Crippen molar-refractivity contribution in [3.63, 3.8) is 0 Å². The second-order valence-electron chi connectivity index (χ2n) is 6.26. The van der Waals surface area contributed by atoms with Crippen molar-refractivity contribution >= 4 is 16.9 Å². The molecule has 1 atom stereocenters. The molecule has 2 heterocycles. The fraction of sp³-hybridized carbons (Fsp3) is 0.250. The van der Waals surface area contributed by atoms with Crippen molar-refractivity contribution in [2.24, 2.45) is 0 Å². The van der Waals surface area contributed by atoms with E-state index in [1.54, 1.807) is 49.4 Å². The highest BCUT2D eigenvalue weighted by molar-refractivity contribution is 5.77. The summed E-state index contributed by atoms with van der Waals surface area (Å²) in [5, 5.41) is 0.496. The number of rotatable bonds is 4. The zero-order valence-electron chi connectivity index (χ0n) is 14.7. The fourth-order valence-electron chi connectivity index (χ4n) is 2.96. The van der Waals surface area contributed by atoms with Gasteiger partial charge in [-0.1, -0.05) is 18.2 Å². The third-order valence-electron chi connectivity index (χ3n) is 4.28. The summed E-state index contributed by atoms with van der Waals surface area (Å²) in [5.41, 5.74) is 1.06. The Labute approximate surface area is 154 Å². The number of aromatic amines is 1. The minimum Gasteiger partial charge on any atom is -0.486 e. The predicted octanol–water partition coefficient (Wildman–Crippen LogP) is 2.54. The molecule has 0 amide bonds. The molecule has 7 nitrogen and oxygen atoms in total. The lowest BCUT2D eigenvalue weighted by Crippen LogP contribution is -2.18. The molecule has 1 aromatic heterocycles. The van der Waals surface area contributed by atoms with Crippen molar-refractivity contribution < 1.29 is 19.0 Å². The zero-order valence-corrected chi connectivity index (χ0v) is 14.7. The highest BCUT2D eigenvalue weighted by Crippen LogP contribution is 2.31. The van der Waals surface area contributed by atoms with Gasteiger partial charge in [0.05, 0.1) is 17.3 Å². The summed E-state index contributed by atoms with van der Waals surface area (Å²) in [6.45, 7) is 2.68. The number of esters is 1. The van der Waals surface area contributed by atoms with Crippen LogP contribution in [0.15, 0.2) is 47.3 Å². The first kappa shape index (κ1) is 17.1. The Kier molecular flexibility index (Phi) is 4.50. The van der Waals surface area contributed by atoms with Crippen LogP contribution in [-0.4, -0.2) is 29.2 Å². The molecule has 138 valence electrons. The quantitative estimate of drug-likeness (QED) is 0.714. The van der Waals surface area contributed by atoms with Crippen LogP contribution in [0.2, 0.25) is 0 Å². The van der Waals surface area contributed by atoms with Gasteiger partial charge in [0, 0.05) is 0 Å². The molecule has 0 saturated carbocycles. The van der Waals surface area contributed by atoms with Gasteiger partial charge < -0.3 is 19.2 Å². The van der Waals surface area contributed by atoms with Crippen LogP contribution in [0, 0.1) is 0 Å². The third-order valence-corrected chi connectivity index (χ3v) is 4.28. The summed E-state index contributed by atoms with van der Waals surface area (Å²) >= 11 is 0. The van der Waals surface area contributed by atoms with Gasteiger partial charge in [-0.3, -0.25) is 9.59 Å². The van der Waals surface area contributed by atoms with Crippen LogP contribution in [0.5, 0.6) is 11.5 Å². The largest absolute Gasteiger partial charge is 0.486 e. The van der Waals surface area contributed by atoms with Gasteiger partial charge in [0.25, 0.3) is 5.56 Å². The molecule has 3 aromatic rings. The van der Waals surface area contributed by atoms with E-state index < -0.39 is 12.1 Å². The highest BCUT2D eigenvalue weighted by atomic mass is 16.6. The first-order valence-corrected chi connectivity index (χ1v) is 8.67. The Morgan fingerprint density at radius 1 is 1.19 bits per heavy atom. The molecule has 0 bridgehead atoms. The molecule has 1 N–H and O–H groups in total. The molecular formula is C20H18N2O5. The van der Waals surface area contributed by atoms with Crippen LogP contribution < -0.4 is 15.0 Å². The van der Waals surface area contributed by atoms with Crippen LogP contribution >= 0.6 is 0 Å². The summed E-state index contributed by atoms with van der Waals surface area (Å²) in [6, 6.07) is 12.4. The molecule has 0 spiro atoms. The van der Waals surface area contributed by atoms with Gasteiger partial charge in [-0.25, -0.2) is 4.98 Å². The zero-order chi connectivity index (χ0) is 18.8. The Balaban J connectivity index is 1.47. The maximum absolute atomic E-state index is 12.3. The SMILES string of the molecule is C[C@@H](OC(=O)Cc1ccc2c(c1)OCCO2)c1nc2ccccc2c(=O)[nH]1. The van der Waals surface area contributed by atoms with E-state index in [4.69, 9.17) is 14.2 Å². The van der Waals surface area contributed by atoms with E-state index in [1.807, 2.05) is 0 Å². The van der Waals surface area contributed by atoms with Crippen LogP contribution in [0.1, 0.15) is 24.4 Å². The second-order valence-corrected chi connectivity index (χ2v) is 6.26. The van der Waals surface area contributed by atoms with Crippen LogP contribution in [0.4, 0.5) is 0 Å². The smallest absolute Gasteiger partial charge is 0.310 e. The van der Waals surface area contributed by atoms with Gasteiger partial charge in [0.15, 0.2) is 23.4 Å². The lowest BCUT2D eigenvalue weighted by molar-refractivity contribution is -0.148. The molecule has 2 aromatic carbocycles. The molecule has 1 aliphatic heterocycles. The summed E-state index contributed by atoms with van der Waals surface area (Å²) in [7, 11) is 0. The number of aromatic nitrogens is 2. The Morgan fingerprint density at radius 2 is 1.96 bits per heavy atom. The molecule has 0 radical (unpaired) electrons. The normalized spacial score (nSPS) is 14.0. The number of H-pyrrole nitrogens is 1. The number of hydrogen-bond acceptors (Lipinski definition) is 6. The number of nitrogens with one attached hydrogen (secondary N) is 1. The van der Waals surface area contributed by atoms with E-state index in [0.717, 1.165) is 5.56 Å². The van der Waals surface area contributed by atoms with Gasteiger partial charge >= 0.3 is 5.97 Å². The maximum atomic E-state index is 12.3. The molecule has 0 saturated heterocycles. The number of carbonyl (C=O) groups is 1. The molecule has 4 rings (SSSR count). The van der Waals surface area contributed by atoms with E-state index in [1.165, 1.54) is 0 Å². The molecular weight excluding hydrogens is 348 g/mol. The van der Waals surface area contributed by atoms with Gasteiger partial charge in [-0.05, 0) is 36.8 Å². The lowest BCUT2D eigenvalue weighted by atomic mass is 10.1. The van der Waals surface area contributed by atoms with Crippen LogP contribution in [0.25, 0.3) is 10.9 Å². The third kappa shape index (κ3) is 3.62. The molecule has 27 heavy (non-hydrogen) atoms. The minimum atomic E-state index is -0.674. The van der Waals surface area contributed by atoms with Crippen molar-refractivity contribution in [1.29, 1.82) is 0 Å². The van der Waals surface area contributed by atoms with Gasteiger partial charge in [0.2, 0.25) is 0 Å². The molecule has 0 fully saturated rings. The van der Waals surface area contributed by atoms with Crippen molar-refractivity contribution in [2.45, 2.75) is 19.4 Å². The summed E-state index contributed by atoms with van der Waals surface area (Å²) < 4.78 is 16.4. The highest BCUT2D eigenvalue weighted by Gasteiger charge is 2.17. The molecule has 1 aliphatic rings. The van der Waals surface area contributed by atoms with E-state index >= 15 is 0 Å². The number of nitrogens with zero attached hydrogens (tertiary/aromatic N) is 1. The summed E-state index contributed by atoms with van der Waals surface area (Å²) in [4.78, 5) is 31.5. The van der Waals surface area contributed by atoms with Crippen molar-refractivity contribution in [3.8, 4) is 11.5 Å². The van der Waals surface area contributed by atoms with Crippen molar-refractivity contribution in [2.75, 3.05) is 13.2 Å². The van der Waals surface area contributed by atoms with E-state index in [-0.39, 0.29) is 12.0 Å². The van der Waals surface area contributed by atoms with Gasteiger partial charge in [0.1, 0.15) is 13.2 Å². The molecule has 0 unspecified atom stereocenters. The average Bonchev–Trinajstić information content (AvgIpc) is 2.67. The number of para-hydroxylation sites is 1.